The van der Waals surface area contributed by atoms with Gasteiger partial charge < -0.3 is 4.74 Å². The van der Waals surface area contributed by atoms with E-state index in [9.17, 15) is 10.3 Å². The van der Waals surface area contributed by atoms with Gasteiger partial charge in [-0.3, -0.25) is 4.79 Å². The fourth-order valence-electron chi connectivity index (χ4n) is 9.15. The Morgan fingerprint density at radius 3 is 2.59 bits per heavy atom. The molecule has 3 saturated carbocycles. The molecule has 0 amide bonds. The van der Waals surface area contributed by atoms with Crippen molar-refractivity contribution in [2.24, 2.45) is 51.5 Å². The van der Waals surface area contributed by atoms with Gasteiger partial charge in [-0.15, -0.1) is 0 Å². The van der Waals surface area contributed by atoms with Crippen LogP contribution in [0.15, 0.2) is 16.8 Å². The molecular weight excluding hydrogens is 422 g/mol. The van der Waals surface area contributed by atoms with E-state index in [-0.39, 0.29) is 23.5 Å². The number of carbonyl (C=O) groups is 1. The predicted molar refractivity (Wildman–Crippen MR) is 137 cm³/mol. The number of fused-ring (bicyclic) bond motifs is 5. The summed E-state index contributed by atoms with van der Waals surface area (Å²) in [6.07, 6.45) is 14.3. The Morgan fingerprint density at radius 1 is 1.15 bits per heavy atom. The second kappa shape index (κ2) is 9.88. The van der Waals surface area contributed by atoms with E-state index in [1.165, 1.54) is 57.4 Å². The summed E-state index contributed by atoms with van der Waals surface area (Å²) in [7, 11) is 0. The van der Waals surface area contributed by atoms with Crippen molar-refractivity contribution < 1.29 is 9.53 Å². The number of carbonyl (C=O) groups excluding carboxylic acids is 1. The summed E-state index contributed by atoms with van der Waals surface area (Å²) in [5.41, 5.74) is 11.4. The zero-order valence-corrected chi connectivity index (χ0v) is 22.4. The van der Waals surface area contributed by atoms with E-state index in [2.05, 4.69) is 50.7 Å². The van der Waals surface area contributed by atoms with Crippen LogP contribution in [0.5, 0.6) is 0 Å². The lowest BCUT2D eigenvalue weighted by atomic mass is 9.46. The monoisotopic (exact) mass is 469 g/mol. The molecule has 0 saturated heterocycles. The number of nitrogens with zero attached hydrogens (tertiary/aromatic N) is 3. The van der Waals surface area contributed by atoms with E-state index in [0.717, 1.165) is 37.0 Å². The molecule has 3 fully saturated rings. The quantitative estimate of drug-likeness (QED) is 0.124. The van der Waals surface area contributed by atoms with Gasteiger partial charge >= 0.3 is 5.97 Å². The molecule has 4 rings (SSSR count). The van der Waals surface area contributed by atoms with Crippen LogP contribution in [0.25, 0.3) is 10.4 Å². The largest absolute Gasteiger partial charge is 0.462 e. The van der Waals surface area contributed by atoms with Gasteiger partial charge in [-0.05, 0) is 90.4 Å². The first kappa shape index (κ1) is 25.6. The van der Waals surface area contributed by atoms with E-state index in [4.69, 9.17) is 4.74 Å². The molecule has 9 atom stereocenters. The first-order chi connectivity index (χ1) is 16.1. The lowest BCUT2D eigenvalue weighted by molar-refractivity contribution is -0.148. The molecule has 0 N–H and O–H groups in total. The SMILES string of the molecule is CC(=O)O[C@H]1CC[C@@]2(C)C(=CC(N=[N+]=[N-])[C@H]3[C@@H]4CC[C@H]([C@H](C)CCCC(C)C)[C@@]4(C)CC[C@@H]32)C1. The molecule has 5 nitrogen and oxygen atoms in total. The summed E-state index contributed by atoms with van der Waals surface area (Å²) in [6.45, 7) is 13.7. The van der Waals surface area contributed by atoms with Gasteiger partial charge in [-0.2, -0.15) is 0 Å². The highest BCUT2D eigenvalue weighted by Gasteiger charge is 2.61. The van der Waals surface area contributed by atoms with Gasteiger partial charge in [0, 0.05) is 18.3 Å². The van der Waals surface area contributed by atoms with Gasteiger partial charge in [0.25, 0.3) is 0 Å². The first-order valence-electron chi connectivity index (χ1n) is 14.0. The Kier molecular flexibility index (Phi) is 7.44. The zero-order chi connectivity index (χ0) is 24.7. The molecule has 0 spiro atoms. The van der Waals surface area contributed by atoms with Crippen LogP contribution >= 0.6 is 0 Å². The van der Waals surface area contributed by atoms with E-state index in [1.54, 1.807) is 0 Å². The van der Waals surface area contributed by atoms with Crippen LogP contribution in [0, 0.1) is 46.3 Å². The minimum atomic E-state index is -0.192. The highest BCUT2D eigenvalue weighted by molar-refractivity contribution is 5.66. The second-order valence-electron chi connectivity index (χ2n) is 13.1. The summed E-state index contributed by atoms with van der Waals surface area (Å²) < 4.78 is 5.61. The lowest BCUT2D eigenvalue weighted by Crippen LogP contribution is -2.54. The van der Waals surface area contributed by atoms with Crippen molar-refractivity contribution in [3.05, 3.63) is 22.1 Å². The molecule has 0 aromatic carbocycles. The highest BCUT2D eigenvalue weighted by atomic mass is 16.5. The molecular formula is C29H47N3O2. The average Bonchev–Trinajstić information content (AvgIpc) is 3.11. The Bertz CT molecular complexity index is 846. The van der Waals surface area contributed by atoms with Crippen molar-refractivity contribution in [1.82, 2.24) is 0 Å². The molecule has 4 aliphatic rings. The number of azide groups is 1. The second-order valence-corrected chi connectivity index (χ2v) is 13.1. The first-order valence-corrected chi connectivity index (χ1v) is 14.0. The fourth-order valence-corrected chi connectivity index (χ4v) is 9.15. The molecule has 190 valence electrons. The number of esters is 1. The molecule has 0 bridgehead atoms. The van der Waals surface area contributed by atoms with Crippen molar-refractivity contribution in [2.75, 3.05) is 0 Å². The Labute approximate surface area is 207 Å². The molecule has 0 heterocycles. The number of rotatable bonds is 7. The van der Waals surface area contributed by atoms with E-state index >= 15 is 0 Å². The maximum Gasteiger partial charge on any atom is 0.302 e. The summed E-state index contributed by atoms with van der Waals surface area (Å²) >= 11 is 0. The van der Waals surface area contributed by atoms with Crippen molar-refractivity contribution in [3.8, 4) is 0 Å². The van der Waals surface area contributed by atoms with Crippen LogP contribution in [0.1, 0.15) is 106 Å². The standard InChI is InChI=1S/C29H47N3O2/c1-18(2)8-7-9-19(3)23-10-11-24-27-25(13-15-29(23,24)6)28(5)14-12-22(34-20(4)33)16-21(28)17-26(27)31-32-30/h17-19,22-27H,7-16H2,1-6H3/t19-,22+,23-,24+,25+,26?,27+,28+,29-/m1/s1. The van der Waals surface area contributed by atoms with Gasteiger partial charge in [0.1, 0.15) is 6.10 Å². The van der Waals surface area contributed by atoms with Crippen LogP contribution in [0.4, 0.5) is 0 Å². The number of hydrogen-bond donors (Lipinski definition) is 0. The average molecular weight is 470 g/mol. The minimum Gasteiger partial charge on any atom is -0.462 e. The third-order valence-corrected chi connectivity index (χ3v) is 10.8. The Morgan fingerprint density at radius 2 is 1.91 bits per heavy atom. The molecule has 1 unspecified atom stereocenters. The molecule has 0 radical (unpaired) electrons. The molecule has 34 heavy (non-hydrogen) atoms. The molecule has 5 heteroatoms. The molecule has 0 aliphatic heterocycles. The lowest BCUT2D eigenvalue weighted by Gasteiger charge is -2.60. The van der Waals surface area contributed by atoms with Crippen molar-refractivity contribution in [3.63, 3.8) is 0 Å². The summed E-state index contributed by atoms with van der Waals surface area (Å²) in [5, 5.41) is 4.40. The predicted octanol–water partition coefficient (Wildman–Crippen LogP) is 8.25. The summed E-state index contributed by atoms with van der Waals surface area (Å²) in [6, 6.07) is -0.0613. The summed E-state index contributed by atoms with van der Waals surface area (Å²) in [5.74, 6) is 3.81. The normalized spacial score (nSPS) is 42.0. The van der Waals surface area contributed by atoms with E-state index < -0.39 is 0 Å². The van der Waals surface area contributed by atoms with Crippen LogP contribution in [-0.4, -0.2) is 18.1 Å². The maximum atomic E-state index is 11.6. The third kappa shape index (κ3) is 4.54. The fraction of sp³-hybridized carbons (Fsp3) is 0.897. The Hall–Kier alpha value is -1.48. The third-order valence-electron chi connectivity index (χ3n) is 10.8. The number of ether oxygens (including phenoxy) is 1. The van der Waals surface area contributed by atoms with Crippen LogP contribution in [-0.2, 0) is 9.53 Å². The van der Waals surface area contributed by atoms with Crippen LogP contribution < -0.4 is 0 Å². The molecule has 4 aliphatic carbocycles. The minimum absolute atomic E-state index is 0.0310. The smallest absolute Gasteiger partial charge is 0.302 e. The van der Waals surface area contributed by atoms with Gasteiger partial charge in [-0.25, -0.2) is 0 Å². The van der Waals surface area contributed by atoms with Crippen molar-refractivity contribution >= 4 is 5.97 Å². The van der Waals surface area contributed by atoms with E-state index in [0.29, 0.717) is 23.2 Å². The Balaban J connectivity index is 1.59. The van der Waals surface area contributed by atoms with Gasteiger partial charge in [-0.1, -0.05) is 70.6 Å². The van der Waals surface area contributed by atoms with Gasteiger partial charge in [0.05, 0.1) is 6.04 Å². The van der Waals surface area contributed by atoms with Crippen molar-refractivity contribution in [2.45, 2.75) is 118 Å². The maximum absolute atomic E-state index is 11.6. The highest BCUT2D eigenvalue weighted by Crippen LogP contribution is 2.67. The van der Waals surface area contributed by atoms with Gasteiger partial charge in [0.15, 0.2) is 0 Å². The topological polar surface area (TPSA) is 75.1 Å². The summed E-state index contributed by atoms with van der Waals surface area (Å²) in [4.78, 5) is 14.9. The molecule has 0 aromatic rings. The molecule has 0 aromatic heterocycles. The van der Waals surface area contributed by atoms with Crippen molar-refractivity contribution in [1.29, 1.82) is 0 Å². The van der Waals surface area contributed by atoms with Crippen LogP contribution in [0.3, 0.4) is 0 Å². The van der Waals surface area contributed by atoms with E-state index in [1.807, 2.05) is 0 Å². The number of hydrogen-bond acceptors (Lipinski definition) is 3. The zero-order valence-electron chi connectivity index (χ0n) is 22.4. The van der Waals surface area contributed by atoms with Gasteiger partial charge in [0.2, 0.25) is 0 Å². The van der Waals surface area contributed by atoms with Crippen LogP contribution in [0.2, 0.25) is 0 Å².